The fraction of sp³-hybridized carbons (Fsp3) is 0.467. The third-order valence-corrected chi connectivity index (χ3v) is 3.89. The molecular formula is C15H18N2O3. The van der Waals surface area contributed by atoms with Crippen molar-refractivity contribution in [3.8, 4) is 23.0 Å². The summed E-state index contributed by atoms with van der Waals surface area (Å²) in [5.41, 5.74) is 0.533. The molecule has 1 aromatic carbocycles. The first kappa shape index (κ1) is 13.0. The highest BCUT2D eigenvalue weighted by atomic mass is 16.5. The molecule has 2 N–H and O–H groups in total. The van der Waals surface area contributed by atoms with Crippen LogP contribution in [0.4, 0.5) is 0 Å². The van der Waals surface area contributed by atoms with Crippen molar-refractivity contribution in [1.29, 1.82) is 0 Å². The molecule has 106 valence electrons. The molecule has 1 aliphatic rings. The highest BCUT2D eigenvalue weighted by molar-refractivity contribution is 5.58. The predicted octanol–water partition coefficient (Wildman–Crippen LogP) is 3.44. The monoisotopic (exact) mass is 274 g/mol. The number of phenols is 2. The van der Waals surface area contributed by atoms with Crippen molar-refractivity contribution in [3.63, 3.8) is 0 Å². The van der Waals surface area contributed by atoms with Crippen molar-refractivity contribution in [1.82, 2.24) is 10.1 Å². The fourth-order valence-electron chi connectivity index (χ4n) is 2.91. The Labute approximate surface area is 117 Å². The van der Waals surface area contributed by atoms with Crippen LogP contribution in [-0.2, 0) is 0 Å². The molecule has 2 aromatic rings. The van der Waals surface area contributed by atoms with Crippen LogP contribution in [0.15, 0.2) is 22.7 Å². The Balaban J connectivity index is 1.86. The minimum atomic E-state index is -0.0222. The molecular weight excluding hydrogens is 256 g/mol. The zero-order valence-corrected chi connectivity index (χ0v) is 11.4. The van der Waals surface area contributed by atoms with Gasteiger partial charge in [0.15, 0.2) is 5.82 Å². The summed E-state index contributed by atoms with van der Waals surface area (Å²) in [5.74, 6) is 2.07. The van der Waals surface area contributed by atoms with E-state index >= 15 is 0 Å². The van der Waals surface area contributed by atoms with E-state index in [1.807, 2.05) is 0 Å². The summed E-state index contributed by atoms with van der Waals surface area (Å²) < 4.78 is 5.27. The number of aromatic nitrogens is 2. The van der Waals surface area contributed by atoms with E-state index in [4.69, 9.17) is 4.52 Å². The normalized spacial score (nSPS) is 22.9. The number of aromatic hydroxyl groups is 2. The average molecular weight is 274 g/mol. The van der Waals surface area contributed by atoms with Gasteiger partial charge in [-0.05, 0) is 30.9 Å². The third-order valence-electron chi connectivity index (χ3n) is 3.89. The van der Waals surface area contributed by atoms with Crippen molar-refractivity contribution in [2.24, 2.45) is 5.92 Å². The first-order valence-corrected chi connectivity index (χ1v) is 6.99. The van der Waals surface area contributed by atoms with E-state index in [1.54, 1.807) is 0 Å². The van der Waals surface area contributed by atoms with Gasteiger partial charge in [-0.1, -0.05) is 24.9 Å². The van der Waals surface area contributed by atoms with E-state index < -0.39 is 0 Å². The van der Waals surface area contributed by atoms with E-state index in [1.165, 1.54) is 31.0 Å². The molecule has 0 amide bonds. The Kier molecular flexibility index (Phi) is 3.34. The molecule has 0 bridgehead atoms. The summed E-state index contributed by atoms with van der Waals surface area (Å²) in [6.45, 7) is 2.25. The molecule has 1 aliphatic carbocycles. The van der Waals surface area contributed by atoms with Gasteiger partial charge in [-0.15, -0.1) is 0 Å². The van der Waals surface area contributed by atoms with E-state index in [2.05, 4.69) is 17.1 Å². The summed E-state index contributed by atoms with van der Waals surface area (Å²) >= 11 is 0. The van der Waals surface area contributed by atoms with Crippen LogP contribution in [0.1, 0.15) is 44.3 Å². The molecule has 2 unspecified atom stereocenters. The Hall–Kier alpha value is -2.04. The Morgan fingerprint density at radius 1 is 1.15 bits per heavy atom. The second-order valence-electron chi connectivity index (χ2n) is 5.66. The number of hydrogen-bond acceptors (Lipinski definition) is 5. The van der Waals surface area contributed by atoms with Gasteiger partial charge in [0, 0.05) is 17.5 Å². The topological polar surface area (TPSA) is 79.4 Å². The molecule has 1 saturated carbocycles. The van der Waals surface area contributed by atoms with Crippen LogP contribution in [0, 0.1) is 5.92 Å². The molecule has 5 heteroatoms. The standard InChI is InChI=1S/C15H18N2O3/c1-9-3-2-4-10(5-9)14-16-15(20-17-14)11-6-12(18)8-13(19)7-11/h6-10,18-19H,2-5H2,1H3. The quantitative estimate of drug-likeness (QED) is 0.876. The molecule has 1 aromatic heterocycles. The van der Waals surface area contributed by atoms with Gasteiger partial charge in [0.1, 0.15) is 11.5 Å². The lowest BCUT2D eigenvalue weighted by molar-refractivity contribution is 0.324. The number of rotatable bonds is 2. The van der Waals surface area contributed by atoms with Gasteiger partial charge in [-0.25, -0.2) is 0 Å². The maximum Gasteiger partial charge on any atom is 0.258 e. The third kappa shape index (κ3) is 2.61. The summed E-state index contributed by atoms with van der Waals surface area (Å²) in [5, 5.41) is 23.1. The van der Waals surface area contributed by atoms with Crippen LogP contribution in [0.25, 0.3) is 11.5 Å². The first-order valence-electron chi connectivity index (χ1n) is 6.99. The van der Waals surface area contributed by atoms with Crippen LogP contribution in [0.5, 0.6) is 11.5 Å². The number of benzene rings is 1. The van der Waals surface area contributed by atoms with E-state index in [0.29, 0.717) is 23.3 Å². The summed E-state index contributed by atoms with van der Waals surface area (Å²) in [6, 6.07) is 4.27. The SMILES string of the molecule is CC1CCCC(c2noc(-c3cc(O)cc(O)c3)n2)C1. The van der Waals surface area contributed by atoms with Crippen molar-refractivity contribution in [2.45, 2.75) is 38.5 Å². The molecule has 0 radical (unpaired) electrons. The summed E-state index contributed by atoms with van der Waals surface area (Å²) in [4.78, 5) is 4.42. The Bertz CT molecular complexity index is 589. The predicted molar refractivity (Wildman–Crippen MR) is 73.4 cm³/mol. The second kappa shape index (κ2) is 5.15. The molecule has 20 heavy (non-hydrogen) atoms. The van der Waals surface area contributed by atoms with Gasteiger partial charge < -0.3 is 14.7 Å². The maximum atomic E-state index is 9.50. The lowest BCUT2D eigenvalue weighted by Crippen LogP contribution is -2.12. The molecule has 1 fully saturated rings. The zero-order chi connectivity index (χ0) is 14.1. The number of nitrogens with zero attached hydrogens (tertiary/aromatic N) is 2. The fourth-order valence-corrected chi connectivity index (χ4v) is 2.91. The van der Waals surface area contributed by atoms with E-state index in [-0.39, 0.29) is 11.5 Å². The Morgan fingerprint density at radius 3 is 2.60 bits per heavy atom. The van der Waals surface area contributed by atoms with Crippen LogP contribution in [0.3, 0.4) is 0 Å². The van der Waals surface area contributed by atoms with Gasteiger partial charge in [-0.3, -0.25) is 0 Å². The minimum absolute atomic E-state index is 0.0222. The summed E-state index contributed by atoms with van der Waals surface area (Å²) in [7, 11) is 0. The smallest absolute Gasteiger partial charge is 0.258 e. The molecule has 5 nitrogen and oxygen atoms in total. The van der Waals surface area contributed by atoms with Crippen LogP contribution < -0.4 is 0 Å². The second-order valence-corrected chi connectivity index (χ2v) is 5.66. The highest BCUT2D eigenvalue weighted by Gasteiger charge is 2.25. The van der Waals surface area contributed by atoms with Crippen molar-refractivity contribution < 1.29 is 14.7 Å². The van der Waals surface area contributed by atoms with E-state index in [0.717, 1.165) is 18.7 Å². The number of hydrogen-bond donors (Lipinski definition) is 2. The first-order chi connectivity index (χ1) is 9.61. The minimum Gasteiger partial charge on any atom is -0.508 e. The molecule has 0 aliphatic heterocycles. The molecule has 1 heterocycles. The molecule has 3 rings (SSSR count). The Morgan fingerprint density at radius 2 is 1.90 bits per heavy atom. The molecule has 0 saturated heterocycles. The number of phenolic OH excluding ortho intramolecular Hbond substituents is 2. The maximum absolute atomic E-state index is 9.50. The largest absolute Gasteiger partial charge is 0.508 e. The van der Waals surface area contributed by atoms with Crippen molar-refractivity contribution in [2.75, 3.05) is 0 Å². The van der Waals surface area contributed by atoms with Crippen LogP contribution in [-0.4, -0.2) is 20.4 Å². The van der Waals surface area contributed by atoms with Crippen molar-refractivity contribution >= 4 is 0 Å². The lowest BCUT2D eigenvalue weighted by atomic mass is 9.82. The molecule has 0 spiro atoms. The lowest BCUT2D eigenvalue weighted by Gasteiger charge is -2.23. The van der Waals surface area contributed by atoms with Gasteiger partial charge in [0.05, 0.1) is 0 Å². The van der Waals surface area contributed by atoms with Gasteiger partial charge in [0.2, 0.25) is 0 Å². The van der Waals surface area contributed by atoms with Crippen molar-refractivity contribution in [3.05, 3.63) is 24.0 Å². The van der Waals surface area contributed by atoms with E-state index in [9.17, 15) is 10.2 Å². The van der Waals surface area contributed by atoms with Gasteiger partial charge >= 0.3 is 0 Å². The van der Waals surface area contributed by atoms with Crippen LogP contribution >= 0.6 is 0 Å². The molecule has 2 atom stereocenters. The summed E-state index contributed by atoms with van der Waals surface area (Å²) in [6.07, 6.45) is 4.64. The highest BCUT2D eigenvalue weighted by Crippen LogP contribution is 2.35. The average Bonchev–Trinajstić information content (AvgIpc) is 2.87. The zero-order valence-electron chi connectivity index (χ0n) is 11.4. The van der Waals surface area contributed by atoms with Gasteiger partial charge in [-0.2, -0.15) is 4.98 Å². The van der Waals surface area contributed by atoms with Crippen LogP contribution in [0.2, 0.25) is 0 Å². The van der Waals surface area contributed by atoms with Gasteiger partial charge in [0.25, 0.3) is 5.89 Å².